The molecule has 6 heteroatoms. The molecular formula is C15H13FN2O2S. The quantitative estimate of drug-likeness (QED) is 0.779. The van der Waals surface area contributed by atoms with Crippen LogP contribution < -0.4 is 4.72 Å². The first-order valence-electron chi connectivity index (χ1n) is 6.32. The maximum absolute atomic E-state index is 13.1. The second-order valence-electron chi connectivity index (χ2n) is 4.81. The number of aromatic nitrogens is 1. The molecule has 3 aromatic rings. The average Bonchev–Trinajstić information content (AvgIpc) is 2.85. The van der Waals surface area contributed by atoms with Crippen LogP contribution in [0.3, 0.4) is 0 Å². The van der Waals surface area contributed by atoms with Crippen molar-refractivity contribution < 1.29 is 12.8 Å². The van der Waals surface area contributed by atoms with Crippen LogP contribution in [0.2, 0.25) is 0 Å². The van der Waals surface area contributed by atoms with E-state index in [1.54, 1.807) is 12.1 Å². The molecule has 21 heavy (non-hydrogen) atoms. The summed E-state index contributed by atoms with van der Waals surface area (Å²) in [5, 5.41) is 0.455. The molecule has 0 aliphatic carbocycles. The highest BCUT2D eigenvalue weighted by atomic mass is 32.2. The number of sulfonamides is 1. The number of hydrogen-bond donors (Lipinski definition) is 2. The van der Waals surface area contributed by atoms with Crippen molar-refractivity contribution in [3.63, 3.8) is 0 Å². The largest absolute Gasteiger partial charge is 0.360 e. The van der Waals surface area contributed by atoms with Crippen molar-refractivity contribution in [1.29, 1.82) is 0 Å². The molecule has 0 amide bonds. The van der Waals surface area contributed by atoms with Gasteiger partial charge in [0.25, 0.3) is 10.0 Å². The van der Waals surface area contributed by atoms with Crippen LogP contribution in [-0.2, 0) is 10.0 Å². The monoisotopic (exact) mass is 304 g/mol. The minimum atomic E-state index is -3.73. The molecule has 0 fully saturated rings. The van der Waals surface area contributed by atoms with Crippen molar-refractivity contribution in [3.8, 4) is 0 Å². The molecule has 1 heterocycles. The van der Waals surface area contributed by atoms with Gasteiger partial charge in [0.1, 0.15) is 10.7 Å². The Morgan fingerprint density at radius 3 is 2.52 bits per heavy atom. The van der Waals surface area contributed by atoms with Gasteiger partial charge in [0, 0.05) is 22.8 Å². The number of benzene rings is 2. The van der Waals surface area contributed by atoms with E-state index in [0.717, 1.165) is 5.56 Å². The molecule has 0 saturated heterocycles. The number of nitrogens with one attached hydrogen (secondary N) is 2. The van der Waals surface area contributed by atoms with Crippen molar-refractivity contribution in [2.45, 2.75) is 11.8 Å². The number of hydrogen-bond acceptors (Lipinski definition) is 2. The maximum Gasteiger partial charge on any atom is 0.264 e. The lowest BCUT2D eigenvalue weighted by Gasteiger charge is -2.07. The van der Waals surface area contributed by atoms with Crippen LogP contribution in [-0.4, -0.2) is 13.4 Å². The van der Waals surface area contributed by atoms with Gasteiger partial charge < -0.3 is 4.98 Å². The average molecular weight is 304 g/mol. The van der Waals surface area contributed by atoms with Crippen LogP contribution >= 0.6 is 0 Å². The molecule has 0 saturated carbocycles. The second kappa shape index (κ2) is 4.89. The van der Waals surface area contributed by atoms with E-state index in [9.17, 15) is 12.8 Å². The van der Waals surface area contributed by atoms with Gasteiger partial charge in [0.05, 0.1) is 0 Å². The van der Waals surface area contributed by atoms with Crippen LogP contribution in [0.15, 0.2) is 53.6 Å². The maximum atomic E-state index is 13.1. The Bertz CT molecular complexity index is 899. The van der Waals surface area contributed by atoms with Crippen molar-refractivity contribution in [2.75, 3.05) is 4.72 Å². The summed E-state index contributed by atoms with van der Waals surface area (Å²) in [7, 11) is -3.73. The Hall–Kier alpha value is -2.34. The third-order valence-corrected chi connectivity index (χ3v) is 4.62. The standard InChI is InChI=1S/C15H13FN2O2S/c1-10-2-5-12(6-3-10)18-21(19,20)15-9-17-14-8-11(16)4-7-13(14)15/h2-9,17-18H,1H3. The highest BCUT2D eigenvalue weighted by Gasteiger charge is 2.19. The van der Waals surface area contributed by atoms with Crippen LogP contribution in [0.4, 0.5) is 10.1 Å². The molecule has 0 aliphatic rings. The predicted molar refractivity (Wildman–Crippen MR) is 80.2 cm³/mol. The van der Waals surface area contributed by atoms with Gasteiger partial charge in [0.2, 0.25) is 0 Å². The van der Waals surface area contributed by atoms with Crippen LogP contribution in [0.5, 0.6) is 0 Å². The molecule has 0 unspecified atom stereocenters. The smallest absolute Gasteiger partial charge is 0.264 e. The molecule has 3 rings (SSSR count). The van der Waals surface area contributed by atoms with Gasteiger partial charge in [-0.1, -0.05) is 17.7 Å². The zero-order chi connectivity index (χ0) is 15.0. The van der Waals surface area contributed by atoms with Crippen LogP contribution in [0.1, 0.15) is 5.56 Å². The lowest BCUT2D eigenvalue weighted by atomic mass is 10.2. The first-order valence-corrected chi connectivity index (χ1v) is 7.80. The van der Waals surface area contributed by atoms with E-state index in [1.807, 2.05) is 19.1 Å². The highest BCUT2D eigenvalue weighted by molar-refractivity contribution is 7.93. The fraction of sp³-hybridized carbons (Fsp3) is 0.0667. The van der Waals surface area contributed by atoms with Crippen LogP contribution in [0.25, 0.3) is 10.9 Å². The zero-order valence-electron chi connectivity index (χ0n) is 11.2. The number of H-pyrrole nitrogens is 1. The van der Waals surface area contributed by atoms with Crippen molar-refractivity contribution in [2.24, 2.45) is 0 Å². The van der Waals surface area contributed by atoms with Crippen LogP contribution in [0, 0.1) is 12.7 Å². The van der Waals surface area contributed by atoms with Gasteiger partial charge in [-0.3, -0.25) is 4.72 Å². The molecule has 0 atom stereocenters. The Morgan fingerprint density at radius 2 is 1.81 bits per heavy atom. The summed E-state index contributed by atoms with van der Waals surface area (Å²) in [6.07, 6.45) is 1.36. The first-order chi connectivity index (χ1) is 9.95. The molecule has 0 aliphatic heterocycles. The molecule has 4 nitrogen and oxygen atoms in total. The van der Waals surface area contributed by atoms with Gasteiger partial charge in [-0.05, 0) is 37.3 Å². The van der Waals surface area contributed by atoms with Gasteiger partial charge >= 0.3 is 0 Å². The topological polar surface area (TPSA) is 62.0 Å². The number of aromatic amines is 1. The first kappa shape index (κ1) is 13.6. The van der Waals surface area contributed by atoms with Gasteiger partial charge in [-0.2, -0.15) is 0 Å². The minimum absolute atomic E-state index is 0.0954. The van der Waals surface area contributed by atoms with E-state index in [1.165, 1.54) is 24.4 Å². The normalized spacial score (nSPS) is 11.7. The third-order valence-electron chi connectivity index (χ3n) is 3.20. The lowest BCUT2D eigenvalue weighted by molar-refractivity contribution is 0.602. The van der Waals surface area contributed by atoms with Crippen molar-refractivity contribution in [3.05, 3.63) is 60.0 Å². The lowest BCUT2D eigenvalue weighted by Crippen LogP contribution is -2.12. The summed E-state index contributed by atoms with van der Waals surface area (Å²) in [5.74, 6) is -0.417. The molecule has 2 N–H and O–H groups in total. The summed E-state index contributed by atoms with van der Waals surface area (Å²) in [6.45, 7) is 1.92. The van der Waals surface area contributed by atoms with E-state index >= 15 is 0 Å². The third kappa shape index (κ3) is 2.62. The minimum Gasteiger partial charge on any atom is -0.360 e. The Labute approximate surface area is 121 Å². The van der Waals surface area contributed by atoms with Crippen molar-refractivity contribution >= 4 is 26.6 Å². The van der Waals surface area contributed by atoms with Gasteiger partial charge in [-0.25, -0.2) is 12.8 Å². The number of anilines is 1. The number of rotatable bonds is 3. The van der Waals surface area contributed by atoms with E-state index in [2.05, 4.69) is 9.71 Å². The molecule has 0 spiro atoms. The summed E-state index contributed by atoms with van der Waals surface area (Å²) in [6, 6.07) is 11.0. The van der Waals surface area contributed by atoms with Gasteiger partial charge in [0.15, 0.2) is 0 Å². The number of aryl methyl sites for hydroxylation is 1. The molecular weight excluding hydrogens is 291 g/mol. The highest BCUT2D eigenvalue weighted by Crippen LogP contribution is 2.25. The summed E-state index contributed by atoms with van der Waals surface area (Å²) < 4.78 is 40.5. The van der Waals surface area contributed by atoms with Gasteiger partial charge in [-0.15, -0.1) is 0 Å². The Morgan fingerprint density at radius 1 is 1.10 bits per heavy atom. The Balaban J connectivity index is 2.02. The molecule has 0 bridgehead atoms. The molecule has 0 radical (unpaired) electrons. The van der Waals surface area contributed by atoms with Crippen molar-refractivity contribution in [1.82, 2.24) is 4.98 Å². The fourth-order valence-electron chi connectivity index (χ4n) is 2.13. The molecule has 1 aromatic heterocycles. The molecule has 108 valence electrons. The van der Waals surface area contributed by atoms with E-state index < -0.39 is 15.8 Å². The number of fused-ring (bicyclic) bond motifs is 1. The zero-order valence-corrected chi connectivity index (χ0v) is 12.0. The summed E-state index contributed by atoms with van der Waals surface area (Å²) in [5.41, 5.74) is 1.97. The number of halogens is 1. The SMILES string of the molecule is Cc1ccc(NS(=O)(=O)c2c[nH]c3cc(F)ccc23)cc1. The second-order valence-corrected chi connectivity index (χ2v) is 6.47. The molecule has 2 aromatic carbocycles. The fourth-order valence-corrected chi connectivity index (χ4v) is 3.36. The summed E-state index contributed by atoms with van der Waals surface area (Å²) >= 11 is 0. The van der Waals surface area contributed by atoms with E-state index in [4.69, 9.17) is 0 Å². The van der Waals surface area contributed by atoms with E-state index in [0.29, 0.717) is 16.6 Å². The van der Waals surface area contributed by atoms with E-state index in [-0.39, 0.29) is 4.90 Å². The predicted octanol–water partition coefficient (Wildman–Crippen LogP) is 3.42. The Kier molecular flexibility index (Phi) is 3.17. The summed E-state index contributed by atoms with van der Waals surface area (Å²) in [4.78, 5) is 2.87.